The topological polar surface area (TPSA) is 12.0 Å². The standard InChI is InChI=1S/C12H18ClNS/c1-3-15-9-10(2)8-14-12-6-4-11(13)5-7-12/h4-7,10,14H,3,8-9H2,1-2H3. The molecule has 0 saturated carbocycles. The normalized spacial score (nSPS) is 12.5. The second-order valence-corrected chi connectivity index (χ2v) is 5.41. The lowest BCUT2D eigenvalue weighted by Gasteiger charge is -2.12. The maximum absolute atomic E-state index is 5.81. The second-order valence-electron chi connectivity index (χ2n) is 3.65. The van der Waals surface area contributed by atoms with Crippen molar-refractivity contribution in [3.8, 4) is 0 Å². The molecule has 1 aromatic carbocycles. The van der Waals surface area contributed by atoms with Gasteiger partial charge in [0, 0.05) is 17.3 Å². The minimum Gasteiger partial charge on any atom is -0.385 e. The Hall–Kier alpha value is -0.340. The van der Waals surface area contributed by atoms with Crippen molar-refractivity contribution in [2.24, 2.45) is 5.92 Å². The summed E-state index contributed by atoms with van der Waals surface area (Å²) >= 11 is 7.80. The van der Waals surface area contributed by atoms with Gasteiger partial charge in [-0.1, -0.05) is 25.4 Å². The van der Waals surface area contributed by atoms with Crippen molar-refractivity contribution in [1.29, 1.82) is 0 Å². The second kappa shape index (κ2) is 7.02. The van der Waals surface area contributed by atoms with Gasteiger partial charge in [0.2, 0.25) is 0 Å². The molecule has 1 nitrogen and oxygen atoms in total. The molecule has 0 aromatic heterocycles. The van der Waals surface area contributed by atoms with Crippen molar-refractivity contribution in [1.82, 2.24) is 0 Å². The van der Waals surface area contributed by atoms with Crippen molar-refractivity contribution in [3.05, 3.63) is 29.3 Å². The summed E-state index contributed by atoms with van der Waals surface area (Å²) in [7, 11) is 0. The summed E-state index contributed by atoms with van der Waals surface area (Å²) in [6.45, 7) is 5.49. The van der Waals surface area contributed by atoms with Crippen LogP contribution in [0.15, 0.2) is 24.3 Å². The number of anilines is 1. The predicted molar refractivity (Wildman–Crippen MR) is 72.1 cm³/mol. The fourth-order valence-corrected chi connectivity index (χ4v) is 2.12. The molecule has 84 valence electrons. The lowest BCUT2D eigenvalue weighted by molar-refractivity contribution is 0.701. The van der Waals surface area contributed by atoms with E-state index < -0.39 is 0 Å². The Morgan fingerprint density at radius 3 is 2.60 bits per heavy atom. The van der Waals surface area contributed by atoms with Crippen LogP contribution in [0.4, 0.5) is 5.69 Å². The third-order valence-corrected chi connectivity index (χ3v) is 3.57. The molecular weight excluding hydrogens is 226 g/mol. The zero-order valence-corrected chi connectivity index (χ0v) is 10.9. The molecule has 1 unspecified atom stereocenters. The minimum absolute atomic E-state index is 0.700. The molecule has 1 N–H and O–H groups in total. The maximum Gasteiger partial charge on any atom is 0.0407 e. The van der Waals surface area contributed by atoms with Crippen LogP contribution in [-0.4, -0.2) is 18.1 Å². The van der Waals surface area contributed by atoms with Gasteiger partial charge in [0.15, 0.2) is 0 Å². The van der Waals surface area contributed by atoms with Gasteiger partial charge in [-0.3, -0.25) is 0 Å². The maximum atomic E-state index is 5.81. The fraction of sp³-hybridized carbons (Fsp3) is 0.500. The van der Waals surface area contributed by atoms with E-state index in [1.165, 1.54) is 11.5 Å². The fourth-order valence-electron chi connectivity index (χ4n) is 1.24. The van der Waals surface area contributed by atoms with E-state index in [1.54, 1.807) is 0 Å². The number of halogens is 1. The van der Waals surface area contributed by atoms with Crippen molar-refractivity contribution >= 4 is 29.1 Å². The van der Waals surface area contributed by atoms with Crippen LogP contribution in [-0.2, 0) is 0 Å². The summed E-state index contributed by atoms with van der Waals surface area (Å²) in [6, 6.07) is 7.86. The summed E-state index contributed by atoms with van der Waals surface area (Å²) in [5, 5.41) is 4.20. The van der Waals surface area contributed by atoms with Gasteiger partial charge < -0.3 is 5.32 Å². The number of hydrogen-bond acceptors (Lipinski definition) is 2. The van der Waals surface area contributed by atoms with Crippen LogP contribution in [0.5, 0.6) is 0 Å². The highest BCUT2D eigenvalue weighted by molar-refractivity contribution is 7.99. The molecule has 3 heteroatoms. The van der Waals surface area contributed by atoms with Gasteiger partial charge >= 0.3 is 0 Å². The lowest BCUT2D eigenvalue weighted by atomic mass is 10.2. The molecule has 0 aliphatic rings. The zero-order chi connectivity index (χ0) is 11.1. The van der Waals surface area contributed by atoms with Crippen LogP contribution < -0.4 is 5.32 Å². The quantitative estimate of drug-likeness (QED) is 0.806. The molecule has 1 aromatic rings. The summed E-state index contributed by atoms with van der Waals surface area (Å²) in [4.78, 5) is 0. The van der Waals surface area contributed by atoms with Crippen molar-refractivity contribution < 1.29 is 0 Å². The highest BCUT2D eigenvalue weighted by Gasteiger charge is 2.01. The molecule has 0 spiro atoms. The molecule has 0 fully saturated rings. The number of nitrogens with one attached hydrogen (secondary N) is 1. The average Bonchev–Trinajstić information content (AvgIpc) is 2.25. The molecule has 0 aliphatic heterocycles. The van der Waals surface area contributed by atoms with Gasteiger partial charge in [-0.25, -0.2) is 0 Å². The molecule has 0 aliphatic carbocycles. The molecule has 0 amide bonds. The van der Waals surface area contributed by atoms with Crippen molar-refractivity contribution in [2.75, 3.05) is 23.4 Å². The summed E-state index contributed by atoms with van der Waals surface area (Å²) < 4.78 is 0. The minimum atomic E-state index is 0.700. The first kappa shape index (κ1) is 12.7. The molecular formula is C12H18ClNS. The van der Waals surface area contributed by atoms with E-state index in [0.717, 1.165) is 17.3 Å². The van der Waals surface area contributed by atoms with Gasteiger partial charge in [-0.15, -0.1) is 0 Å². The van der Waals surface area contributed by atoms with E-state index in [4.69, 9.17) is 11.6 Å². The molecule has 0 saturated heterocycles. The Morgan fingerprint density at radius 2 is 2.00 bits per heavy atom. The van der Waals surface area contributed by atoms with E-state index in [0.29, 0.717) is 5.92 Å². The van der Waals surface area contributed by atoms with Crippen molar-refractivity contribution in [3.63, 3.8) is 0 Å². The summed E-state index contributed by atoms with van der Waals surface area (Å²) in [5.74, 6) is 3.12. The van der Waals surface area contributed by atoms with E-state index in [1.807, 2.05) is 36.0 Å². The monoisotopic (exact) mass is 243 g/mol. The smallest absolute Gasteiger partial charge is 0.0407 e. The first-order valence-corrected chi connectivity index (χ1v) is 6.82. The summed E-state index contributed by atoms with van der Waals surface area (Å²) in [6.07, 6.45) is 0. The Balaban J connectivity index is 2.27. The van der Waals surface area contributed by atoms with Gasteiger partial charge in [-0.2, -0.15) is 11.8 Å². The third-order valence-electron chi connectivity index (χ3n) is 2.11. The number of benzene rings is 1. The van der Waals surface area contributed by atoms with Gasteiger partial charge in [-0.05, 0) is 41.7 Å². The summed E-state index contributed by atoms with van der Waals surface area (Å²) in [5.41, 5.74) is 1.15. The number of thioether (sulfide) groups is 1. The Morgan fingerprint density at radius 1 is 1.33 bits per heavy atom. The largest absolute Gasteiger partial charge is 0.385 e. The third kappa shape index (κ3) is 5.33. The zero-order valence-electron chi connectivity index (χ0n) is 9.29. The first-order valence-electron chi connectivity index (χ1n) is 5.29. The Kier molecular flexibility index (Phi) is 5.96. The molecule has 0 bridgehead atoms. The van der Waals surface area contributed by atoms with E-state index in [-0.39, 0.29) is 0 Å². The van der Waals surface area contributed by atoms with Crippen LogP contribution in [0.1, 0.15) is 13.8 Å². The SMILES string of the molecule is CCSCC(C)CNc1ccc(Cl)cc1. The van der Waals surface area contributed by atoms with Gasteiger partial charge in [0.1, 0.15) is 0 Å². The number of hydrogen-bond donors (Lipinski definition) is 1. The van der Waals surface area contributed by atoms with Crippen LogP contribution in [0.25, 0.3) is 0 Å². The molecule has 15 heavy (non-hydrogen) atoms. The van der Waals surface area contributed by atoms with Crippen LogP contribution in [0.3, 0.4) is 0 Å². The number of rotatable bonds is 6. The molecule has 0 heterocycles. The average molecular weight is 244 g/mol. The van der Waals surface area contributed by atoms with E-state index in [9.17, 15) is 0 Å². The molecule has 1 atom stereocenters. The Bertz CT molecular complexity index is 273. The predicted octanol–water partition coefficient (Wildman–Crippen LogP) is 4.14. The van der Waals surface area contributed by atoms with Gasteiger partial charge in [0.25, 0.3) is 0 Å². The highest BCUT2D eigenvalue weighted by Crippen LogP contribution is 2.14. The molecule has 1 rings (SSSR count). The van der Waals surface area contributed by atoms with Crippen molar-refractivity contribution in [2.45, 2.75) is 13.8 Å². The highest BCUT2D eigenvalue weighted by atomic mass is 35.5. The van der Waals surface area contributed by atoms with Gasteiger partial charge in [0.05, 0.1) is 0 Å². The van der Waals surface area contributed by atoms with E-state index >= 15 is 0 Å². The first-order chi connectivity index (χ1) is 7.22. The van der Waals surface area contributed by atoms with Crippen LogP contribution >= 0.6 is 23.4 Å². The van der Waals surface area contributed by atoms with E-state index in [2.05, 4.69) is 19.2 Å². The van der Waals surface area contributed by atoms with Crippen LogP contribution in [0, 0.1) is 5.92 Å². The Labute approximate surface area is 102 Å². The van der Waals surface area contributed by atoms with Crippen LogP contribution in [0.2, 0.25) is 5.02 Å². The molecule has 0 radical (unpaired) electrons. The lowest BCUT2D eigenvalue weighted by Crippen LogP contribution is -2.13.